The molecule has 0 fully saturated rings. The third-order valence-corrected chi connectivity index (χ3v) is 5.24. The van der Waals surface area contributed by atoms with Crippen molar-refractivity contribution in [2.24, 2.45) is 0 Å². The van der Waals surface area contributed by atoms with Crippen molar-refractivity contribution in [3.8, 4) is 0 Å². The Kier molecular flexibility index (Phi) is 4.85. The number of amides is 1. The minimum atomic E-state index is -1.96. The summed E-state index contributed by atoms with van der Waals surface area (Å²) >= 11 is -1.96. The van der Waals surface area contributed by atoms with Crippen molar-refractivity contribution in [2.75, 3.05) is 7.05 Å². The summed E-state index contributed by atoms with van der Waals surface area (Å²) in [6.45, 7) is 0. The Morgan fingerprint density at radius 3 is 2.67 bits per heavy atom. The van der Waals surface area contributed by atoms with Crippen molar-refractivity contribution in [3.63, 3.8) is 0 Å². The Labute approximate surface area is 62.3 Å². The van der Waals surface area contributed by atoms with Gasteiger partial charge in [-0.2, -0.15) is 0 Å². The molecule has 0 aliphatic carbocycles. The van der Waals surface area contributed by atoms with Crippen molar-refractivity contribution >= 4 is 31.4 Å². The van der Waals surface area contributed by atoms with E-state index < -0.39 is 21.4 Å². The molecule has 0 saturated carbocycles. The van der Waals surface area contributed by atoms with Crippen LogP contribution in [0.25, 0.3) is 0 Å². The number of rotatable bonds is 3. The molecule has 1 N–H and O–H groups in total. The summed E-state index contributed by atoms with van der Waals surface area (Å²) in [4.78, 5) is 20.6. The minimum absolute atomic E-state index is 0.00500. The molecule has 0 atom stereocenters. The second-order valence-electron chi connectivity index (χ2n) is 1.99. The molecule has 9 heavy (non-hydrogen) atoms. The predicted octanol–water partition coefficient (Wildman–Crippen LogP) is -0.371. The summed E-state index contributed by atoms with van der Waals surface area (Å²) in [5, 5.41) is 2.48. The summed E-state index contributed by atoms with van der Waals surface area (Å²) in [7, 11) is 1.59. The Balaban J connectivity index is 3.46. The standard InChI is InChI=1S/C3H6NO.CHO.CH3.In/c1-3(5)4-2;1-2;;/h1H2,2H3,(H,4,5);1H;1H3;. The van der Waals surface area contributed by atoms with E-state index in [4.69, 9.17) is 0 Å². The molecule has 0 unspecified atom stereocenters. The molecule has 3 nitrogen and oxygen atoms in total. The van der Waals surface area contributed by atoms with Crippen LogP contribution in [0, 0.1) is 0 Å². The Morgan fingerprint density at radius 1 is 1.78 bits per heavy atom. The third-order valence-electron chi connectivity index (χ3n) is 1.02. The molecule has 0 radical (unpaired) electrons. The van der Waals surface area contributed by atoms with Crippen LogP contribution in [0.4, 0.5) is 0 Å². The van der Waals surface area contributed by atoms with Gasteiger partial charge >= 0.3 is 62.2 Å². The van der Waals surface area contributed by atoms with Gasteiger partial charge in [-0.05, 0) is 0 Å². The van der Waals surface area contributed by atoms with Gasteiger partial charge < -0.3 is 0 Å². The van der Waals surface area contributed by atoms with Gasteiger partial charge in [-0.15, -0.1) is 0 Å². The molecule has 0 spiro atoms. The SMILES string of the molecule is CNC(=O)[CH2][In]([CH3])[CH]=O. The van der Waals surface area contributed by atoms with Gasteiger partial charge in [-0.25, -0.2) is 0 Å². The predicted molar refractivity (Wildman–Crippen MR) is 37.2 cm³/mol. The van der Waals surface area contributed by atoms with Crippen molar-refractivity contribution in [1.82, 2.24) is 5.32 Å². The average molecular weight is 231 g/mol. The molecule has 0 aliphatic rings. The second kappa shape index (κ2) is 4.85. The molecule has 0 aromatic carbocycles. The first kappa shape index (κ1) is 9.01. The summed E-state index contributed by atoms with van der Waals surface area (Å²) in [5.41, 5.74) is 0. The first-order valence-corrected chi connectivity index (χ1v) is 10.4. The normalized spacial score (nSPS) is 8.22. The number of hydrogen-bond acceptors (Lipinski definition) is 2. The van der Waals surface area contributed by atoms with E-state index in [2.05, 4.69) is 5.32 Å². The van der Waals surface area contributed by atoms with Crippen LogP contribution in [0.3, 0.4) is 0 Å². The van der Waals surface area contributed by atoms with Crippen LogP contribution in [-0.4, -0.2) is 38.4 Å². The maximum atomic E-state index is 10.6. The van der Waals surface area contributed by atoms with E-state index in [0.717, 1.165) is 4.04 Å². The van der Waals surface area contributed by atoms with Gasteiger partial charge in [-0.1, -0.05) is 0 Å². The van der Waals surface area contributed by atoms with Gasteiger partial charge in [-0.3, -0.25) is 0 Å². The van der Waals surface area contributed by atoms with Gasteiger partial charge in [0.25, 0.3) is 0 Å². The Bertz CT molecular complexity index is 116. The summed E-state index contributed by atoms with van der Waals surface area (Å²) < 4.78 is 3.41. The monoisotopic (exact) mass is 231 g/mol. The van der Waals surface area contributed by atoms with Gasteiger partial charge in [0, 0.05) is 0 Å². The molecule has 0 aliphatic heterocycles. The number of carbonyl (C=O) groups excluding carboxylic acids is 2. The topological polar surface area (TPSA) is 46.2 Å². The van der Waals surface area contributed by atoms with E-state index >= 15 is 0 Å². The molecule has 0 rings (SSSR count). The fraction of sp³-hybridized carbons (Fsp3) is 0.600. The number of carbonyl (C=O) groups is 2. The van der Waals surface area contributed by atoms with Crippen LogP contribution in [0.5, 0.6) is 0 Å². The molecule has 1 amide bonds. The quantitative estimate of drug-likeness (QED) is 0.673. The van der Waals surface area contributed by atoms with E-state index in [1.54, 1.807) is 7.05 Å². The average Bonchev–Trinajstić information content (AvgIpc) is 1.87. The molecular weight excluding hydrogens is 221 g/mol. The van der Waals surface area contributed by atoms with Crippen molar-refractivity contribution in [2.45, 2.75) is 8.86 Å². The van der Waals surface area contributed by atoms with Crippen molar-refractivity contribution < 1.29 is 9.59 Å². The van der Waals surface area contributed by atoms with Gasteiger partial charge in [0.05, 0.1) is 0 Å². The van der Waals surface area contributed by atoms with E-state index in [0.29, 0.717) is 4.18 Å². The van der Waals surface area contributed by atoms with Crippen LogP contribution in [0.15, 0.2) is 0 Å². The zero-order valence-electron chi connectivity index (χ0n) is 5.68. The van der Waals surface area contributed by atoms with Crippen LogP contribution in [-0.2, 0) is 9.59 Å². The molecule has 50 valence electrons. The Morgan fingerprint density at radius 2 is 2.33 bits per heavy atom. The van der Waals surface area contributed by atoms with E-state index in [-0.39, 0.29) is 5.91 Å². The van der Waals surface area contributed by atoms with E-state index in [9.17, 15) is 9.59 Å². The molecule has 0 aromatic rings. The molecule has 0 aromatic heterocycles. The maximum absolute atomic E-state index is 10.6. The zero-order chi connectivity index (χ0) is 7.28. The number of nitrogens with one attached hydrogen (secondary N) is 1. The van der Waals surface area contributed by atoms with Crippen LogP contribution >= 0.6 is 0 Å². The molecular formula is C5H10InNO2. The fourth-order valence-corrected chi connectivity index (χ4v) is 2.97. The van der Waals surface area contributed by atoms with Crippen LogP contribution in [0.1, 0.15) is 0 Å². The Hall–Kier alpha value is 0.0101. The zero-order valence-corrected chi connectivity index (χ0v) is 8.97. The number of hydrogen-bond donors (Lipinski definition) is 1. The molecule has 4 heteroatoms. The van der Waals surface area contributed by atoms with Crippen molar-refractivity contribution in [3.05, 3.63) is 0 Å². The van der Waals surface area contributed by atoms with Gasteiger partial charge in [0.15, 0.2) is 0 Å². The summed E-state index contributed by atoms with van der Waals surface area (Å²) in [6.07, 6.45) is 0. The molecule has 0 bridgehead atoms. The van der Waals surface area contributed by atoms with Crippen molar-refractivity contribution in [1.29, 1.82) is 0 Å². The van der Waals surface area contributed by atoms with Crippen LogP contribution < -0.4 is 5.32 Å². The fourth-order valence-electron chi connectivity index (χ4n) is 0.443. The van der Waals surface area contributed by atoms with Gasteiger partial charge in [0.1, 0.15) is 0 Å². The first-order valence-electron chi connectivity index (χ1n) is 2.86. The first-order chi connectivity index (χ1) is 4.20. The van der Waals surface area contributed by atoms with E-state index in [1.165, 1.54) is 0 Å². The van der Waals surface area contributed by atoms with Gasteiger partial charge in [0.2, 0.25) is 0 Å². The van der Waals surface area contributed by atoms with Crippen LogP contribution in [0.2, 0.25) is 8.86 Å². The molecule has 0 heterocycles. The molecule has 0 saturated heterocycles. The summed E-state index contributed by atoms with van der Waals surface area (Å²) in [6, 6.07) is 0. The summed E-state index contributed by atoms with van der Waals surface area (Å²) in [5.74, 6) is 0.00500. The van der Waals surface area contributed by atoms with E-state index in [1.807, 2.05) is 4.68 Å². The second-order valence-corrected chi connectivity index (χ2v) is 9.51. The third kappa shape index (κ3) is 4.51.